The van der Waals surface area contributed by atoms with Crippen molar-refractivity contribution in [2.75, 3.05) is 4.90 Å². The number of nitrogens with zero attached hydrogens (tertiary/aromatic N) is 1. The lowest BCUT2D eigenvalue weighted by Gasteiger charge is -2.60. The molecule has 3 heteroatoms. The molecule has 0 N–H and O–H groups in total. The van der Waals surface area contributed by atoms with Gasteiger partial charge in [0.2, 0.25) is 0 Å². The third-order valence-electron chi connectivity index (χ3n) is 16.6. The zero-order valence-corrected chi connectivity index (χ0v) is 31.9. The molecule has 13 unspecified atom stereocenters. The molecular formula is C50H61NO2. The van der Waals surface area contributed by atoms with Gasteiger partial charge in [-0.2, -0.15) is 0 Å². The summed E-state index contributed by atoms with van der Waals surface area (Å²) in [7, 11) is 0. The van der Waals surface area contributed by atoms with Gasteiger partial charge in [-0.25, -0.2) is 0 Å². The van der Waals surface area contributed by atoms with E-state index in [9.17, 15) is 0 Å². The number of hydrogen-bond donors (Lipinski definition) is 0. The van der Waals surface area contributed by atoms with Crippen LogP contribution in [0, 0.1) is 47.3 Å². The van der Waals surface area contributed by atoms with Crippen LogP contribution in [-0.2, 0) is 9.47 Å². The fourth-order valence-electron chi connectivity index (χ4n) is 14.5. The Kier molecular flexibility index (Phi) is 8.84. The predicted molar refractivity (Wildman–Crippen MR) is 218 cm³/mol. The minimum Gasteiger partial charge on any atom is -0.370 e. The van der Waals surface area contributed by atoms with Crippen LogP contribution in [0.2, 0.25) is 0 Å². The van der Waals surface area contributed by atoms with Crippen molar-refractivity contribution < 1.29 is 9.47 Å². The second-order valence-electron chi connectivity index (χ2n) is 19.0. The summed E-state index contributed by atoms with van der Waals surface area (Å²) in [6.07, 6.45) is 24.8. The summed E-state index contributed by atoms with van der Waals surface area (Å²) >= 11 is 0. The highest BCUT2D eigenvalue weighted by atomic mass is 16.6. The lowest BCUT2D eigenvalue weighted by Crippen LogP contribution is -2.59. The van der Waals surface area contributed by atoms with Crippen molar-refractivity contribution >= 4 is 32.9 Å². The fraction of sp³-hybridized carbons (Fsp3) is 0.600. The van der Waals surface area contributed by atoms with Crippen LogP contribution in [0.15, 0.2) is 84.9 Å². The summed E-state index contributed by atoms with van der Waals surface area (Å²) in [5.41, 5.74) is 2.58. The van der Waals surface area contributed by atoms with Crippen LogP contribution in [0.25, 0.3) is 21.5 Å². The van der Waals surface area contributed by atoms with E-state index in [-0.39, 0.29) is 18.3 Å². The third-order valence-corrected chi connectivity index (χ3v) is 16.6. The first-order valence-corrected chi connectivity index (χ1v) is 22.3. The molecule has 0 radical (unpaired) electrons. The highest BCUT2D eigenvalue weighted by molar-refractivity contribution is 5.90. The smallest absolute Gasteiger partial charge is 0.0861 e. The topological polar surface area (TPSA) is 21.7 Å². The molecule has 53 heavy (non-hydrogen) atoms. The van der Waals surface area contributed by atoms with Gasteiger partial charge in [-0.15, -0.1) is 0 Å². The van der Waals surface area contributed by atoms with Crippen molar-refractivity contribution in [1.29, 1.82) is 0 Å². The van der Waals surface area contributed by atoms with E-state index in [0.717, 1.165) is 66.6 Å². The van der Waals surface area contributed by atoms with Gasteiger partial charge in [-0.1, -0.05) is 99.2 Å². The molecule has 1 heterocycles. The monoisotopic (exact) mass is 707 g/mol. The lowest BCUT2D eigenvalue weighted by molar-refractivity contribution is -0.261. The van der Waals surface area contributed by atoms with Crippen LogP contribution in [-0.4, -0.2) is 30.5 Å². The molecule has 1 saturated heterocycles. The van der Waals surface area contributed by atoms with E-state index in [0.29, 0.717) is 12.1 Å². The van der Waals surface area contributed by atoms with Crippen LogP contribution in [0.5, 0.6) is 0 Å². The van der Waals surface area contributed by atoms with Crippen molar-refractivity contribution in [1.82, 2.24) is 0 Å². The van der Waals surface area contributed by atoms with E-state index < -0.39 is 0 Å². The van der Waals surface area contributed by atoms with Crippen LogP contribution in [0.3, 0.4) is 0 Å². The Morgan fingerprint density at radius 2 is 0.755 bits per heavy atom. The average molecular weight is 708 g/mol. The highest BCUT2D eigenvalue weighted by Gasteiger charge is 2.56. The first-order chi connectivity index (χ1) is 26.2. The molecule has 6 aliphatic carbocycles. The van der Waals surface area contributed by atoms with Crippen LogP contribution in [0.1, 0.15) is 109 Å². The number of benzene rings is 4. The molecule has 1 aliphatic heterocycles. The van der Waals surface area contributed by atoms with Crippen molar-refractivity contribution in [3.63, 3.8) is 0 Å². The van der Waals surface area contributed by atoms with E-state index in [1.165, 1.54) is 116 Å². The van der Waals surface area contributed by atoms with E-state index in [1.54, 1.807) is 6.42 Å². The van der Waals surface area contributed by atoms with Crippen molar-refractivity contribution in [3.05, 3.63) is 84.9 Å². The summed E-state index contributed by atoms with van der Waals surface area (Å²) in [5, 5.41) is 5.22. The molecule has 0 amide bonds. The molecule has 13 atom stereocenters. The molecule has 0 spiro atoms. The number of rotatable bonds is 3. The summed E-state index contributed by atoms with van der Waals surface area (Å²) < 4.78 is 14.8. The standard InChI is InChI=1S/C50H61NO2/c1-3-13-34-27-36(23-21-32(34)11-1)51(37-24-22-33-12-2-4-14-35(33)28-37)38-25-26-47-48(29-38)53-50-31-46-44-20-10-8-18-42(44)40-16-6-5-15-39(40)41-17-7-9-19-43(41)45(46)30-49(50)52-47/h1-4,11-14,21-24,27-28,38-50H,5-10,15-20,25-26,29-31H2. The molecule has 4 aromatic rings. The highest BCUT2D eigenvalue weighted by Crippen LogP contribution is 2.61. The molecule has 7 aliphatic rings. The molecule has 4 aromatic carbocycles. The molecule has 6 saturated carbocycles. The van der Waals surface area contributed by atoms with Gasteiger partial charge in [0.25, 0.3) is 0 Å². The van der Waals surface area contributed by atoms with Crippen molar-refractivity contribution in [2.24, 2.45) is 47.3 Å². The molecule has 278 valence electrons. The first kappa shape index (κ1) is 33.5. The summed E-state index contributed by atoms with van der Waals surface area (Å²) in [5.74, 6) is 7.59. The van der Waals surface area contributed by atoms with E-state index in [2.05, 4.69) is 89.8 Å². The lowest BCUT2D eigenvalue weighted by atomic mass is 9.48. The molecule has 0 bridgehead atoms. The molecule has 0 aromatic heterocycles. The van der Waals surface area contributed by atoms with Gasteiger partial charge in [0.15, 0.2) is 0 Å². The molecule has 3 nitrogen and oxygen atoms in total. The first-order valence-electron chi connectivity index (χ1n) is 22.3. The van der Waals surface area contributed by atoms with Crippen LogP contribution >= 0.6 is 0 Å². The number of anilines is 2. The van der Waals surface area contributed by atoms with Gasteiger partial charge >= 0.3 is 0 Å². The summed E-state index contributed by atoms with van der Waals surface area (Å²) in [6, 6.07) is 32.2. The normalized spacial score (nSPS) is 39.6. The zero-order chi connectivity index (χ0) is 34.9. The average Bonchev–Trinajstić information content (AvgIpc) is 3.22. The minimum absolute atomic E-state index is 0.177. The fourth-order valence-corrected chi connectivity index (χ4v) is 14.5. The van der Waals surface area contributed by atoms with Gasteiger partial charge in [0, 0.05) is 17.4 Å². The second kappa shape index (κ2) is 14.0. The maximum absolute atomic E-state index is 7.48. The van der Waals surface area contributed by atoms with E-state index >= 15 is 0 Å². The maximum Gasteiger partial charge on any atom is 0.0861 e. The molecule has 11 rings (SSSR count). The Labute approximate surface area is 318 Å². The summed E-state index contributed by atoms with van der Waals surface area (Å²) in [4.78, 5) is 2.66. The Hall–Kier alpha value is -2.88. The zero-order valence-electron chi connectivity index (χ0n) is 31.9. The Morgan fingerprint density at radius 1 is 0.358 bits per heavy atom. The SMILES string of the molecule is c1ccc2cc(N(c3ccc4ccccc4c3)C3CCC4OC5CC6C7CCCCC7C7CCCCC7C7CCCCC7C6CC5OC4C3)ccc2c1. The summed E-state index contributed by atoms with van der Waals surface area (Å²) in [6.45, 7) is 0. The maximum atomic E-state index is 7.48. The number of ether oxygens (including phenoxy) is 2. The number of hydrogen-bond acceptors (Lipinski definition) is 3. The van der Waals surface area contributed by atoms with Gasteiger partial charge in [-0.05, 0) is 164 Å². The van der Waals surface area contributed by atoms with Gasteiger partial charge in [0.1, 0.15) is 0 Å². The largest absolute Gasteiger partial charge is 0.370 e. The molecular weight excluding hydrogens is 647 g/mol. The third kappa shape index (κ3) is 5.97. The van der Waals surface area contributed by atoms with Crippen LogP contribution in [0.4, 0.5) is 11.4 Å². The predicted octanol–water partition coefficient (Wildman–Crippen LogP) is 12.7. The minimum atomic E-state index is 0.177. The Balaban J connectivity index is 0.894. The van der Waals surface area contributed by atoms with Crippen molar-refractivity contribution in [3.8, 4) is 0 Å². The second-order valence-corrected chi connectivity index (χ2v) is 19.0. The van der Waals surface area contributed by atoms with E-state index in [4.69, 9.17) is 9.47 Å². The van der Waals surface area contributed by atoms with E-state index in [1.807, 2.05) is 0 Å². The molecule has 7 fully saturated rings. The Bertz CT molecular complexity index is 1840. The Morgan fingerprint density at radius 3 is 1.23 bits per heavy atom. The van der Waals surface area contributed by atoms with Crippen molar-refractivity contribution in [2.45, 2.75) is 140 Å². The number of fused-ring (bicyclic) bond motifs is 12. The quantitative estimate of drug-likeness (QED) is 0.198. The van der Waals surface area contributed by atoms with Gasteiger partial charge in [-0.3, -0.25) is 0 Å². The van der Waals surface area contributed by atoms with Crippen LogP contribution < -0.4 is 4.90 Å². The van der Waals surface area contributed by atoms with Gasteiger partial charge in [0.05, 0.1) is 24.4 Å². The van der Waals surface area contributed by atoms with Gasteiger partial charge < -0.3 is 14.4 Å².